The Balaban J connectivity index is 3.15. The van der Waals surface area contributed by atoms with Crippen LogP contribution in [0.1, 0.15) is 130 Å². The summed E-state index contributed by atoms with van der Waals surface area (Å²) in [5, 5.41) is 0. The molecule has 2 aromatic rings. The number of hydrogen-bond donors (Lipinski definition) is 0. The fourth-order valence-electron chi connectivity index (χ4n) is 7.23. The average Bonchev–Trinajstić information content (AvgIpc) is 3.01. The Morgan fingerprint density at radius 1 is 0.375 bits per heavy atom. The molecule has 40 heavy (non-hydrogen) atoms. The summed E-state index contributed by atoms with van der Waals surface area (Å²) in [4.78, 5) is 0. The normalized spacial score (nSPS) is 12.9. The van der Waals surface area contributed by atoms with E-state index in [1.54, 1.807) is 37.7 Å². The second-order valence-corrected chi connectivity index (χ2v) is 38.7. The molecular weight excluding hydrogens is 694 g/mol. The number of hydrogen-bond acceptors (Lipinski definition) is 0. The van der Waals surface area contributed by atoms with Gasteiger partial charge in [-0.25, -0.2) is 0 Å². The van der Waals surface area contributed by atoms with Crippen LogP contribution >= 0.6 is 0 Å². The summed E-state index contributed by atoms with van der Waals surface area (Å²) in [6, 6.07) is 24.1. The monoisotopic (exact) mass is 760 g/mol. The van der Waals surface area contributed by atoms with Gasteiger partial charge in [0.15, 0.2) is 0 Å². The van der Waals surface area contributed by atoms with Crippen LogP contribution in [0.5, 0.6) is 0 Å². The Morgan fingerprint density at radius 2 is 0.600 bits per heavy atom. The molecule has 0 amide bonds. The Bertz CT molecular complexity index is 809. The molecule has 2 heteroatoms. The van der Waals surface area contributed by atoms with E-state index < -0.39 is 36.8 Å². The minimum atomic E-state index is -2.82. The van der Waals surface area contributed by atoms with Gasteiger partial charge >= 0.3 is 261 Å². The van der Waals surface area contributed by atoms with Gasteiger partial charge in [-0.1, -0.05) is 0 Å². The Morgan fingerprint density at radius 3 is 0.800 bits per heavy atom. The van der Waals surface area contributed by atoms with Crippen molar-refractivity contribution in [1.82, 2.24) is 0 Å². The first-order valence-electron chi connectivity index (χ1n) is 17.4. The van der Waals surface area contributed by atoms with Crippen LogP contribution in [0.25, 0.3) is 7.18 Å². The Kier molecular flexibility index (Phi) is 18.6. The summed E-state index contributed by atoms with van der Waals surface area (Å²) < 4.78 is 13.4. The van der Waals surface area contributed by atoms with Crippen molar-refractivity contribution in [3.05, 3.63) is 71.8 Å². The predicted octanol–water partition coefficient (Wildman–Crippen LogP) is 13.4. The van der Waals surface area contributed by atoms with E-state index in [0.29, 0.717) is 0 Å². The van der Waals surface area contributed by atoms with Crippen molar-refractivity contribution in [2.75, 3.05) is 0 Å². The Labute approximate surface area is 259 Å². The average molecular weight is 758 g/mol. The molecule has 0 aliphatic carbocycles. The summed E-state index contributed by atoms with van der Waals surface area (Å²) in [6.07, 6.45) is 16.7. The molecule has 0 heterocycles. The first-order valence-corrected chi connectivity index (χ1v) is 32.4. The van der Waals surface area contributed by atoms with E-state index in [0.717, 1.165) is 0 Å². The van der Waals surface area contributed by atoms with Gasteiger partial charge in [-0.2, -0.15) is 0 Å². The van der Waals surface area contributed by atoms with Crippen molar-refractivity contribution in [2.45, 2.75) is 145 Å². The van der Waals surface area contributed by atoms with Crippen molar-refractivity contribution in [3.63, 3.8) is 0 Å². The summed E-state index contributed by atoms with van der Waals surface area (Å²) in [5.74, 6) is 0. The molecule has 0 saturated heterocycles. The van der Waals surface area contributed by atoms with Crippen LogP contribution in [0.4, 0.5) is 0 Å². The number of unbranched alkanes of at least 4 members (excludes halogenated alkanes) is 6. The van der Waals surface area contributed by atoms with Crippen LogP contribution in [-0.2, 0) is 0 Å². The van der Waals surface area contributed by atoms with Gasteiger partial charge < -0.3 is 0 Å². The van der Waals surface area contributed by atoms with Crippen molar-refractivity contribution in [3.8, 4) is 0 Å². The molecule has 0 aliphatic heterocycles. The fraction of sp³-hybridized carbons (Fsp3) is 0.632. The van der Waals surface area contributed by atoms with E-state index >= 15 is 0 Å². The summed E-state index contributed by atoms with van der Waals surface area (Å²) in [5.41, 5.74) is 3.29. The van der Waals surface area contributed by atoms with E-state index in [2.05, 4.69) is 102 Å². The molecule has 0 N–H and O–H groups in total. The molecule has 0 aliphatic rings. The van der Waals surface area contributed by atoms with Gasteiger partial charge in [0.2, 0.25) is 0 Å². The zero-order valence-corrected chi connectivity index (χ0v) is 33.2. The molecule has 0 spiro atoms. The third-order valence-corrected chi connectivity index (χ3v) is 43.1. The first-order chi connectivity index (χ1) is 19.6. The molecule has 224 valence electrons. The summed E-state index contributed by atoms with van der Waals surface area (Å²) in [6.45, 7) is 14.6. The maximum atomic E-state index is 2.55. The van der Waals surface area contributed by atoms with Gasteiger partial charge in [-0.05, 0) is 0 Å². The number of benzene rings is 2. The molecule has 2 rings (SSSR count). The second kappa shape index (κ2) is 20.6. The molecule has 2 aromatic carbocycles. The zero-order valence-electron chi connectivity index (χ0n) is 27.5. The van der Waals surface area contributed by atoms with Crippen molar-refractivity contribution < 1.29 is 0 Å². The molecule has 0 atom stereocenters. The molecule has 0 radical (unpaired) electrons. The number of rotatable bonds is 22. The Hall–Kier alpha value is -0.223. The SMILES string of the molecule is CCC[CH2][Sn]([CH2]CCC)([CH2]CCC)/[C](=[C](\c1ccccc1)[Sn]([CH2]CCC)([CH2]CCC)[CH2]CCC)c1ccccc1. The summed E-state index contributed by atoms with van der Waals surface area (Å²) in [7, 11) is 0. The van der Waals surface area contributed by atoms with Gasteiger partial charge in [0.05, 0.1) is 0 Å². The van der Waals surface area contributed by atoms with Gasteiger partial charge in [0.1, 0.15) is 0 Å². The second-order valence-electron chi connectivity index (χ2n) is 12.7. The van der Waals surface area contributed by atoms with Gasteiger partial charge in [0, 0.05) is 0 Å². The van der Waals surface area contributed by atoms with Crippen LogP contribution in [0.3, 0.4) is 0 Å². The third kappa shape index (κ3) is 10.5. The van der Waals surface area contributed by atoms with Gasteiger partial charge in [-0.15, -0.1) is 0 Å². The molecule has 0 bridgehead atoms. The third-order valence-electron chi connectivity index (χ3n) is 9.49. The van der Waals surface area contributed by atoms with Crippen LogP contribution in [0.2, 0.25) is 26.6 Å². The fourth-order valence-corrected chi connectivity index (χ4v) is 51.9. The topological polar surface area (TPSA) is 0 Å². The summed E-state index contributed by atoms with van der Waals surface area (Å²) >= 11 is -5.64. The van der Waals surface area contributed by atoms with Crippen LogP contribution < -0.4 is 0 Å². The van der Waals surface area contributed by atoms with E-state index in [-0.39, 0.29) is 0 Å². The zero-order chi connectivity index (χ0) is 29.1. The quantitative estimate of drug-likeness (QED) is 0.0829. The first kappa shape index (κ1) is 36.0. The van der Waals surface area contributed by atoms with Gasteiger partial charge in [-0.3, -0.25) is 0 Å². The maximum absolute atomic E-state index is 2.82. The molecule has 0 fully saturated rings. The van der Waals surface area contributed by atoms with E-state index in [1.807, 2.05) is 7.18 Å². The minimum absolute atomic E-state index is 1.34. The molecular formula is C38H64Sn2. The molecule has 0 unspecified atom stereocenters. The van der Waals surface area contributed by atoms with E-state index in [9.17, 15) is 0 Å². The molecule has 0 nitrogen and oxygen atoms in total. The van der Waals surface area contributed by atoms with Crippen molar-refractivity contribution in [1.29, 1.82) is 0 Å². The predicted molar refractivity (Wildman–Crippen MR) is 189 cm³/mol. The molecule has 0 aromatic heterocycles. The van der Waals surface area contributed by atoms with Crippen molar-refractivity contribution in [2.24, 2.45) is 0 Å². The van der Waals surface area contributed by atoms with Crippen LogP contribution in [0.15, 0.2) is 60.7 Å². The van der Waals surface area contributed by atoms with Crippen molar-refractivity contribution >= 4 is 43.9 Å². The standard InChI is InChI=1S/C14H10.6C4H9.2Sn/c1-3-7-13(8-4-1)11-12-14-9-5-2-6-10-14;6*1-3-4-2;;/h1-10H;6*1,3-4H2,2H3;;. The van der Waals surface area contributed by atoms with Crippen LogP contribution in [0, 0.1) is 0 Å². The van der Waals surface area contributed by atoms with E-state index in [4.69, 9.17) is 0 Å². The van der Waals surface area contributed by atoms with Crippen LogP contribution in [-0.4, -0.2) is 36.8 Å². The molecule has 0 saturated carbocycles. The van der Waals surface area contributed by atoms with Gasteiger partial charge in [0.25, 0.3) is 0 Å². The van der Waals surface area contributed by atoms with E-state index in [1.165, 1.54) is 77.0 Å².